The fourth-order valence-electron chi connectivity index (χ4n) is 2.42. The van der Waals surface area contributed by atoms with Crippen LogP contribution in [0.4, 0.5) is 14.5 Å². The van der Waals surface area contributed by atoms with Gasteiger partial charge in [-0.1, -0.05) is 23.7 Å². The Morgan fingerprint density at radius 2 is 1.96 bits per heavy atom. The number of halogens is 3. The van der Waals surface area contributed by atoms with Crippen LogP contribution >= 0.6 is 11.6 Å². The van der Waals surface area contributed by atoms with Crippen LogP contribution < -0.4 is 14.8 Å². The van der Waals surface area contributed by atoms with Crippen molar-refractivity contribution in [3.63, 3.8) is 0 Å². The van der Waals surface area contributed by atoms with Crippen LogP contribution in [0, 0.1) is 0 Å². The van der Waals surface area contributed by atoms with Crippen molar-refractivity contribution in [1.29, 1.82) is 0 Å². The number of nitrogens with one attached hydrogen (secondary N) is 1. The predicted molar refractivity (Wildman–Crippen MR) is 89.5 cm³/mol. The summed E-state index contributed by atoms with van der Waals surface area (Å²) in [5.74, 6) is -0.486. The van der Waals surface area contributed by atoms with Crippen molar-refractivity contribution in [3.05, 3.63) is 47.5 Å². The molecule has 0 aliphatic carbocycles. The number of carbonyl (C=O) groups excluding carboxylic acids is 1. The predicted octanol–water partition coefficient (Wildman–Crippen LogP) is 2.95. The van der Waals surface area contributed by atoms with Gasteiger partial charge in [-0.15, -0.1) is 19.0 Å². The molecule has 27 heavy (non-hydrogen) atoms. The van der Waals surface area contributed by atoms with Gasteiger partial charge in [-0.05, 0) is 29.5 Å². The van der Waals surface area contributed by atoms with Gasteiger partial charge in [0.1, 0.15) is 6.54 Å². The van der Waals surface area contributed by atoms with Crippen molar-refractivity contribution in [2.45, 2.75) is 12.8 Å². The van der Waals surface area contributed by atoms with E-state index < -0.39 is 12.2 Å². The largest absolute Gasteiger partial charge is 0.586 e. The van der Waals surface area contributed by atoms with Gasteiger partial charge in [0.15, 0.2) is 11.5 Å². The maximum Gasteiger partial charge on any atom is 0.586 e. The number of tetrazole rings is 1. The number of hydrogen-bond acceptors (Lipinski definition) is 6. The summed E-state index contributed by atoms with van der Waals surface area (Å²) < 4.78 is 34.7. The molecule has 11 heteroatoms. The van der Waals surface area contributed by atoms with E-state index in [1.807, 2.05) is 0 Å². The van der Waals surface area contributed by atoms with Crippen molar-refractivity contribution in [1.82, 2.24) is 20.2 Å². The van der Waals surface area contributed by atoms with Gasteiger partial charge in [-0.3, -0.25) is 4.79 Å². The van der Waals surface area contributed by atoms with Crippen molar-refractivity contribution in [2.75, 3.05) is 5.32 Å². The molecule has 2 aromatic carbocycles. The van der Waals surface area contributed by atoms with Crippen LogP contribution in [0.15, 0.2) is 42.5 Å². The second-order valence-corrected chi connectivity index (χ2v) is 5.91. The van der Waals surface area contributed by atoms with Gasteiger partial charge >= 0.3 is 6.29 Å². The lowest BCUT2D eigenvalue weighted by Crippen LogP contribution is -2.25. The van der Waals surface area contributed by atoms with Crippen molar-refractivity contribution in [3.8, 4) is 22.9 Å². The molecule has 3 aromatic rings. The Labute approximate surface area is 155 Å². The lowest BCUT2D eigenvalue weighted by atomic mass is 10.2. The molecule has 0 saturated heterocycles. The number of amides is 1. The molecule has 1 aromatic heterocycles. The van der Waals surface area contributed by atoms with Gasteiger partial charge in [0, 0.05) is 17.3 Å². The van der Waals surface area contributed by atoms with Gasteiger partial charge in [-0.2, -0.15) is 4.80 Å². The maximum absolute atomic E-state index is 13.0. The number of aromatic nitrogens is 4. The van der Waals surface area contributed by atoms with Crippen molar-refractivity contribution >= 4 is 23.2 Å². The Balaban J connectivity index is 1.43. The molecular formula is C16H10ClF2N5O3. The number of anilines is 1. The van der Waals surface area contributed by atoms with E-state index >= 15 is 0 Å². The van der Waals surface area contributed by atoms with E-state index in [9.17, 15) is 13.6 Å². The number of hydrogen-bond donors (Lipinski definition) is 1. The lowest BCUT2D eigenvalue weighted by Gasteiger charge is -2.05. The van der Waals surface area contributed by atoms with Gasteiger partial charge in [0.25, 0.3) is 0 Å². The van der Waals surface area contributed by atoms with Crippen molar-refractivity contribution in [2.24, 2.45) is 0 Å². The minimum atomic E-state index is -3.72. The minimum Gasteiger partial charge on any atom is -0.395 e. The highest BCUT2D eigenvalue weighted by Gasteiger charge is 2.43. The van der Waals surface area contributed by atoms with Crippen LogP contribution in [0.25, 0.3) is 11.4 Å². The number of fused-ring (bicyclic) bond motifs is 1. The van der Waals surface area contributed by atoms with E-state index in [4.69, 9.17) is 11.6 Å². The molecule has 0 bridgehead atoms. The fourth-order valence-corrected chi connectivity index (χ4v) is 2.64. The third kappa shape index (κ3) is 3.65. The number of alkyl halides is 2. The lowest BCUT2D eigenvalue weighted by molar-refractivity contribution is -0.286. The highest BCUT2D eigenvalue weighted by atomic mass is 35.5. The standard InChI is InChI=1S/C16H10ClF2N5O3/c17-11-4-2-1-3-10(11)15-21-23-24(22-15)8-14(25)20-9-5-6-12-13(7-9)27-16(18,19)26-12/h1-7H,8H2,(H,20,25). The average molecular weight is 394 g/mol. The van der Waals surface area contributed by atoms with Crippen LogP contribution in [0.3, 0.4) is 0 Å². The number of benzene rings is 2. The summed E-state index contributed by atoms with van der Waals surface area (Å²) in [5, 5.41) is 14.8. The van der Waals surface area contributed by atoms with Crippen LogP contribution in [0.1, 0.15) is 0 Å². The van der Waals surface area contributed by atoms with Crippen LogP contribution in [0.5, 0.6) is 11.5 Å². The zero-order valence-corrected chi connectivity index (χ0v) is 14.2. The first-order valence-corrected chi connectivity index (χ1v) is 8.00. The van der Waals surface area contributed by atoms with Gasteiger partial charge in [0.05, 0.1) is 5.02 Å². The first-order chi connectivity index (χ1) is 12.9. The first kappa shape index (κ1) is 17.2. The summed E-state index contributed by atoms with van der Waals surface area (Å²) in [4.78, 5) is 13.2. The van der Waals surface area contributed by atoms with Gasteiger partial charge < -0.3 is 14.8 Å². The molecule has 138 valence electrons. The summed E-state index contributed by atoms with van der Waals surface area (Å²) >= 11 is 6.08. The van der Waals surface area contributed by atoms with E-state index in [-0.39, 0.29) is 29.6 Å². The number of ether oxygens (including phenoxy) is 2. The first-order valence-electron chi connectivity index (χ1n) is 7.62. The molecular weight excluding hydrogens is 384 g/mol. The van der Waals surface area contributed by atoms with E-state index in [0.717, 1.165) is 4.80 Å². The summed E-state index contributed by atoms with van der Waals surface area (Å²) in [6.07, 6.45) is -3.72. The molecule has 1 amide bonds. The van der Waals surface area contributed by atoms with Crippen LogP contribution in [-0.4, -0.2) is 32.4 Å². The topological polar surface area (TPSA) is 91.2 Å². The zero-order chi connectivity index (χ0) is 19.0. The molecule has 0 unspecified atom stereocenters. The number of nitrogens with zero attached hydrogens (tertiary/aromatic N) is 4. The summed E-state index contributed by atoms with van der Waals surface area (Å²) in [5.41, 5.74) is 0.842. The highest BCUT2D eigenvalue weighted by molar-refractivity contribution is 6.33. The third-order valence-electron chi connectivity index (χ3n) is 3.54. The number of rotatable bonds is 4. The monoisotopic (exact) mass is 393 g/mol. The zero-order valence-electron chi connectivity index (χ0n) is 13.4. The van der Waals surface area contributed by atoms with Crippen LogP contribution in [0.2, 0.25) is 5.02 Å². The molecule has 0 atom stereocenters. The Hall–Kier alpha value is -3.27. The average Bonchev–Trinajstić information content (AvgIpc) is 3.17. The summed E-state index contributed by atoms with van der Waals surface area (Å²) in [6.45, 7) is -0.234. The number of carbonyl (C=O) groups is 1. The highest BCUT2D eigenvalue weighted by Crippen LogP contribution is 2.42. The van der Waals surface area contributed by atoms with Gasteiger partial charge in [-0.25, -0.2) is 0 Å². The maximum atomic E-state index is 13.0. The molecule has 8 nitrogen and oxygen atoms in total. The molecule has 0 spiro atoms. The molecule has 2 heterocycles. The van der Waals surface area contributed by atoms with Crippen LogP contribution in [-0.2, 0) is 11.3 Å². The van der Waals surface area contributed by atoms with Crippen molar-refractivity contribution < 1.29 is 23.0 Å². The molecule has 0 fully saturated rings. The summed E-state index contributed by atoms with van der Waals surface area (Å²) in [7, 11) is 0. The second kappa shape index (κ2) is 6.47. The fraction of sp³-hybridized carbons (Fsp3) is 0.125. The normalized spacial score (nSPS) is 14.2. The van der Waals surface area contributed by atoms with E-state index in [1.54, 1.807) is 24.3 Å². The molecule has 1 aliphatic rings. The molecule has 0 saturated carbocycles. The second-order valence-electron chi connectivity index (χ2n) is 5.50. The molecule has 4 rings (SSSR count). The Morgan fingerprint density at radius 1 is 1.19 bits per heavy atom. The Kier molecular flexibility index (Phi) is 4.11. The van der Waals surface area contributed by atoms with E-state index in [2.05, 4.69) is 30.2 Å². The third-order valence-corrected chi connectivity index (χ3v) is 3.87. The van der Waals surface area contributed by atoms with Gasteiger partial charge in [0.2, 0.25) is 11.7 Å². The molecule has 1 N–H and O–H groups in total. The smallest absolute Gasteiger partial charge is 0.395 e. The Bertz CT molecular complexity index is 1030. The summed E-state index contributed by atoms with van der Waals surface area (Å²) in [6, 6.07) is 10.9. The minimum absolute atomic E-state index is 0.111. The SMILES string of the molecule is O=C(Cn1nnc(-c2ccccc2Cl)n1)Nc1ccc2c(c1)OC(F)(F)O2. The Morgan fingerprint density at radius 3 is 2.78 bits per heavy atom. The molecule has 1 aliphatic heterocycles. The quantitative estimate of drug-likeness (QED) is 0.732. The van der Waals surface area contributed by atoms with E-state index in [1.165, 1.54) is 18.2 Å². The van der Waals surface area contributed by atoms with E-state index in [0.29, 0.717) is 10.6 Å². The molecule has 0 radical (unpaired) electrons.